The Hall–Kier alpha value is -1.89. The van der Waals surface area contributed by atoms with Crippen molar-refractivity contribution in [2.24, 2.45) is 17.8 Å². The first-order valence-electron chi connectivity index (χ1n) is 10.5. The van der Waals surface area contributed by atoms with Gasteiger partial charge >= 0.3 is 0 Å². The molecule has 0 aromatic heterocycles. The third-order valence-corrected chi connectivity index (χ3v) is 8.33. The lowest BCUT2D eigenvalue weighted by molar-refractivity contribution is -0.115. The molecule has 2 fully saturated rings. The molecule has 2 N–H and O–H groups in total. The van der Waals surface area contributed by atoms with Gasteiger partial charge in [-0.3, -0.25) is 4.79 Å². The van der Waals surface area contributed by atoms with Crippen molar-refractivity contribution in [3.63, 3.8) is 0 Å². The number of hydrogen-bond donors (Lipinski definition) is 2. The number of hydrogen-bond acceptors (Lipinski definition) is 3. The second kappa shape index (κ2) is 8.69. The van der Waals surface area contributed by atoms with Gasteiger partial charge in [-0.15, -0.1) is 0 Å². The Morgan fingerprint density at radius 2 is 1.77 bits per heavy atom. The highest BCUT2D eigenvalue weighted by molar-refractivity contribution is 7.89. The molecule has 4 atom stereocenters. The number of nitrogens with one attached hydrogen (secondary N) is 2. The molecule has 2 aromatic carbocycles. The van der Waals surface area contributed by atoms with Gasteiger partial charge in [-0.2, -0.15) is 0 Å². The lowest BCUT2D eigenvalue weighted by atomic mass is 9.84. The Bertz CT molecular complexity index is 1010. The lowest BCUT2D eigenvalue weighted by Crippen LogP contribution is -2.40. The van der Waals surface area contributed by atoms with Gasteiger partial charge in [0.2, 0.25) is 15.9 Å². The van der Waals surface area contributed by atoms with Gasteiger partial charge in [0.25, 0.3) is 0 Å². The van der Waals surface area contributed by atoms with E-state index in [1.165, 1.54) is 31.4 Å². The predicted octanol–water partition coefficient (Wildman–Crippen LogP) is 4.62. The van der Waals surface area contributed by atoms with Gasteiger partial charge in [0.1, 0.15) is 0 Å². The van der Waals surface area contributed by atoms with E-state index < -0.39 is 10.0 Å². The topological polar surface area (TPSA) is 75.3 Å². The van der Waals surface area contributed by atoms with Crippen molar-refractivity contribution in [3.05, 3.63) is 59.1 Å². The molecule has 0 unspecified atom stereocenters. The van der Waals surface area contributed by atoms with Crippen LogP contribution in [0.4, 0.5) is 5.69 Å². The van der Waals surface area contributed by atoms with Crippen molar-refractivity contribution in [2.45, 2.75) is 50.0 Å². The molecule has 30 heavy (non-hydrogen) atoms. The highest BCUT2D eigenvalue weighted by Crippen LogP contribution is 2.49. The van der Waals surface area contributed by atoms with Crippen LogP contribution >= 0.6 is 11.6 Å². The number of sulfonamides is 1. The molecule has 0 saturated heterocycles. The van der Waals surface area contributed by atoms with Crippen LogP contribution in [0.3, 0.4) is 0 Å². The van der Waals surface area contributed by atoms with Crippen molar-refractivity contribution >= 4 is 33.2 Å². The summed E-state index contributed by atoms with van der Waals surface area (Å²) in [6.07, 6.45) is 5.13. The second-order valence-electron chi connectivity index (χ2n) is 8.62. The van der Waals surface area contributed by atoms with Crippen LogP contribution in [0.15, 0.2) is 53.4 Å². The van der Waals surface area contributed by atoms with Crippen LogP contribution in [0.1, 0.15) is 38.2 Å². The Kier molecular flexibility index (Phi) is 6.19. The number of carbonyl (C=O) groups is 1. The van der Waals surface area contributed by atoms with Crippen LogP contribution in [0, 0.1) is 17.8 Å². The molecule has 4 rings (SSSR count). The number of halogens is 1. The molecule has 2 aromatic rings. The SMILES string of the molecule is C[C@H](NS(=O)(=O)c1ccc(NC(=O)Cc2ccc(Cl)cc2)cc1)[C@H]1C[C@H]2CC[C@H]1C2. The highest BCUT2D eigenvalue weighted by atomic mass is 35.5. The molecular weight excluding hydrogens is 420 g/mol. The molecular formula is C23H27ClN2O3S. The van der Waals surface area contributed by atoms with E-state index in [0.717, 1.165) is 17.9 Å². The molecule has 160 valence electrons. The van der Waals surface area contributed by atoms with Gasteiger partial charge in [0.15, 0.2) is 0 Å². The molecule has 5 nitrogen and oxygen atoms in total. The van der Waals surface area contributed by atoms with Gasteiger partial charge in [-0.1, -0.05) is 30.2 Å². The summed E-state index contributed by atoms with van der Waals surface area (Å²) in [5.41, 5.74) is 1.42. The summed E-state index contributed by atoms with van der Waals surface area (Å²) < 4.78 is 28.5. The molecule has 0 spiro atoms. The maximum Gasteiger partial charge on any atom is 0.240 e. The summed E-state index contributed by atoms with van der Waals surface area (Å²) in [6, 6.07) is 13.3. The zero-order valence-electron chi connectivity index (χ0n) is 17.0. The predicted molar refractivity (Wildman–Crippen MR) is 119 cm³/mol. The molecule has 2 saturated carbocycles. The van der Waals surface area contributed by atoms with Crippen molar-refractivity contribution in [2.75, 3.05) is 5.32 Å². The minimum Gasteiger partial charge on any atom is -0.326 e. The van der Waals surface area contributed by atoms with Crippen LogP contribution in [0.5, 0.6) is 0 Å². The summed E-state index contributed by atoms with van der Waals surface area (Å²) >= 11 is 5.86. The fourth-order valence-electron chi connectivity index (χ4n) is 5.02. The van der Waals surface area contributed by atoms with Crippen LogP contribution in [-0.2, 0) is 21.2 Å². The third-order valence-electron chi connectivity index (χ3n) is 6.50. The third kappa shape index (κ3) is 4.88. The molecule has 0 heterocycles. The van der Waals surface area contributed by atoms with Gasteiger partial charge < -0.3 is 5.32 Å². The number of rotatable bonds is 7. The first kappa shape index (κ1) is 21.3. The van der Waals surface area contributed by atoms with Gasteiger partial charge in [-0.25, -0.2) is 13.1 Å². The Balaban J connectivity index is 1.35. The molecule has 7 heteroatoms. The van der Waals surface area contributed by atoms with Crippen LogP contribution in [0.2, 0.25) is 5.02 Å². The number of fused-ring (bicyclic) bond motifs is 2. The number of carbonyl (C=O) groups excluding carboxylic acids is 1. The van der Waals surface area contributed by atoms with Crippen LogP contribution in [0.25, 0.3) is 0 Å². The first-order chi connectivity index (χ1) is 14.3. The van der Waals surface area contributed by atoms with E-state index in [1.54, 1.807) is 36.4 Å². The van der Waals surface area contributed by atoms with Crippen molar-refractivity contribution < 1.29 is 13.2 Å². The average Bonchev–Trinajstić information content (AvgIpc) is 3.33. The fourth-order valence-corrected chi connectivity index (χ4v) is 6.44. The minimum absolute atomic E-state index is 0.0657. The largest absolute Gasteiger partial charge is 0.326 e. The maximum atomic E-state index is 12.8. The fraction of sp³-hybridized carbons (Fsp3) is 0.435. The van der Waals surface area contributed by atoms with E-state index in [9.17, 15) is 13.2 Å². The average molecular weight is 447 g/mol. The highest BCUT2D eigenvalue weighted by Gasteiger charge is 2.42. The molecule has 2 aliphatic carbocycles. The molecule has 2 aliphatic rings. The Labute approximate surface area is 183 Å². The second-order valence-corrected chi connectivity index (χ2v) is 10.8. The van der Waals surface area contributed by atoms with Crippen LogP contribution < -0.4 is 10.0 Å². The van der Waals surface area contributed by atoms with Crippen molar-refractivity contribution in [3.8, 4) is 0 Å². The summed E-state index contributed by atoms with van der Waals surface area (Å²) in [5.74, 6) is 1.70. The van der Waals surface area contributed by atoms with Gasteiger partial charge in [0, 0.05) is 16.8 Å². The quantitative estimate of drug-likeness (QED) is 0.651. The van der Waals surface area contributed by atoms with E-state index in [2.05, 4.69) is 10.0 Å². The lowest BCUT2D eigenvalue weighted by Gasteiger charge is -2.28. The molecule has 1 amide bonds. The summed E-state index contributed by atoms with van der Waals surface area (Å²) in [6.45, 7) is 1.98. The monoisotopic (exact) mass is 446 g/mol. The van der Waals surface area contributed by atoms with Gasteiger partial charge in [-0.05, 0) is 85.9 Å². The standard InChI is InChI=1S/C23H27ClN2O3S/c1-15(22-13-17-2-5-18(22)12-17)26-30(28,29)21-10-8-20(9-11-21)25-23(27)14-16-3-6-19(24)7-4-16/h3-4,6-11,15,17-18,22,26H,2,5,12-14H2,1H3,(H,25,27)/t15-,17-,18-,22+/m0/s1. The normalized spacial score (nSPS) is 24.0. The molecule has 0 radical (unpaired) electrons. The summed E-state index contributed by atoms with van der Waals surface area (Å²) in [4.78, 5) is 12.4. The van der Waals surface area contributed by atoms with Gasteiger partial charge in [0.05, 0.1) is 11.3 Å². The smallest absolute Gasteiger partial charge is 0.240 e. The van der Waals surface area contributed by atoms with E-state index in [0.29, 0.717) is 22.5 Å². The number of amides is 1. The minimum atomic E-state index is -3.59. The van der Waals surface area contributed by atoms with Crippen molar-refractivity contribution in [1.29, 1.82) is 0 Å². The zero-order chi connectivity index (χ0) is 21.3. The number of benzene rings is 2. The van der Waals surface area contributed by atoms with Crippen LogP contribution in [-0.4, -0.2) is 20.4 Å². The molecule has 0 aliphatic heterocycles. The summed E-state index contributed by atoms with van der Waals surface area (Å²) in [5, 5.41) is 3.42. The Morgan fingerprint density at radius 3 is 2.37 bits per heavy atom. The van der Waals surface area contributed by atoms with E-state index in [1.807, 2.05) is 6.92 Å². The zero-order valence-corrected chi connectivity index (χ0v) is 18.5. The number of anilines is 1. The summed E-state index contributed by atoms with van der Waals surface area (Å²) in [7, 11) is -3.59. The first-order valence-corrected chi connectivity index (χ1v) is 12.3. The van der Waals surface area contributed by atoms with Crippen molar-refractivity contribution in [1.82, 2.24) is 4.72 Å². The maximum absolute atomic E-state index is 12.8. The molecule has 2 bridgehead atoms. The van der Waals surface area contributed by atoms with E-state index in [-0.39, 0.29) is 23.3 Å². The van der Waals surface area contributed by atoms with E-state index >= 15 is 0 Å². The Morgan fingerprint density at radius 1 is 1.07 bits per heavy atom. The van der Waals surface area contributed by atoms with E-state index in [4.69, 9.17) is 11.6 Å².